The van der Waals surface area contributed by atoms with E-state index in [4.69, 9.17) is 5.73 Å². The number of benzene rings is 2. The SMILES string of the molecule is Cc1cc(=O)n(-c2ccc(C3CC3)cc2)c(C(N)Cc2cc(F)cc(F)c2)n1. The van der Waals surface area contributed by atoms with Crippen LogP contribution in [-0.4, -0.2) is 9.55 Å². The van der Waals surface area contributed by atoms with Gasteiger partial charge in [0.05, 0.1) is 11.7 Å². The molecule has 28 heavy (non-hydrogen) atoms. The number of rotatable bonds is 5. The summed E-state index contributed by atoms with van der Waals surface area (Å²) in [6, 6.07) is 11.9. The lowest BCUT2D eigenvalue weighted by Crippen LogP contribution is -2.29. The highest BCUT2D eigenvalue weighted by molar-refractivity contribution is 5.39. The molecule has 144 valence electrons. The predicted molar refractivity (Wildman–Crippen MR) is 104 cm³/mol. The van der Waals surface area contributed by atoms with Crippen LogP contribution in [-0.2, 0) is 6.42 Å². The quantitative estimate of drug-likeness (QED) is 0.728. The number of aromatic nitrogens is 2. The Morgan fingerprint density at radius 1 is 1.11 bits per heavy atom. The molecular weight excluding hydrogens is 360 g/mol. The summed E-state index contributed by atoms with van der Waals surface area (Å²) >= 11 is 0. The molecule has 1 saturated carbocycles. The van der Waals surface area contributed by atoms with E-state index in [0.717, 1.165) is 6.07 Å². The van der Waals surface area contributed by atoms with E-state index in [1.807, 2.05) is 24.3 Å². The minimum Gasteiger partial charge on any atom is -0.321 e. The third-order valence-corrected chi connectivity index (χ3v) is 4.98. The Morgan fingerprint density at radius 2 is 1.75 bits per heavy atom. The summed E-state index contributed by atoms with van der Waals surface area (Å²) < 4.78 is 28.5. The number of hydrogen-bond donors (Lipinski definition) is 1. The van der Waals surface area contributed by atoms with Gasteiger partial charge in [0.2, 0.25) is 0 Å². The maximum atomic E-state index is 13.5. The van der Waals surface area contributed by atoms with Crippen molar-refractivity contribution >= 4 is 0 Å². The van der Waals surface area contributed by atoms with Crippen LogP contribution in [0.25, 0.3) is 5.69 Å². The van der Waals surface area contributed by atoms with Gasteiger partial charge in [-0.25, -0.2) is 13.8 Å². The molecule has 0 amide bonds. The summed E-state index contributed by atoms with van der Waals surface area (Å²) in [6.07, 6.45) is 2.56. The Bertz CT molecular complexity index is 1050. The summed E-state index contributed by atoms with van der Waals surface area (Å²) in [5.74, 6) is -0.333. The minimum atomic E-state index is -0.697. The molecule has 0 bridgehead atoms. The van der Waals surface area contributed by atoms with Gasteiger partial charge in [-0.3, -0.25) is 9.36 Å². The number of nitrogens with zero attached hydrogens (tertiary/aromatic N) is 2. The number of aryl methyl sites for hydroxylation is 1. The van der Waals surface area contributed by atoms with Gasteiger partial charge < -0.3 is 5.73 Å². The molecule has 1 atom stereocenters. The molecule has 1 aliphatic rings. The Labute approximate surface area is 161 Å². The van der Waals surface area contributed by atoms with Gasteiger partial charge >= 0.3 is 0 Å². The van der Waals surface area contributed by atoms with Gasteiger partial charge in [-0.2, -0.15) is 0 Å². The molecule has 4 rings (SSSR count). The average Bonchev–Trinajstić information content (AvgIpc) is 3.45. The normalized spacial score (nSPS) is 14.9. The van der Waals surface area contributed by atoms with Crippen LogP contribution < -0.4 is 11.3 Å². The maximum Gasteiger partial charge on any atom is 0.258 e. The van der Waals surface area contributed by atoms with Gasteiger partial charge in [0.25, 0.3) is 5.56 Å². The number of halogens is 2. The zero-order valence-corrected chi connectivity index (χ0v) is 15.5. The molecule has 3 aromatic rings. The van der Waals surface area contributed by atoms with Crippen LogP contribution in [0.1, 0.15) is 47.4 Å². The predicted octanol–water partition coefficient (Wildman–Crippen LogP) is 3.94. The van der Waals surface area contributed by atoms with Gasteiger partial charge in [0.1, 0.15) is 17.5 Å². The van der Waals surface area contributed by atoms with E-state index in [1.54, 1.807) is 6.92 Å². The zero-order valence-electron chi connectivity index (χ0n) is 15.5. The van der Waals surface area contributed by atoms with E-state index in [-0.39, 0.29) is 12.0 Å². The second-order valence-electron chi connectivity index (χ2n) is 7.38. The molecule has 1 fully saturated rings. The van der Waals surface area contributed by atoms with Crippen molar-refractivity contribution < 1.29 is 8.78 Å². The monoisotopic (exact) mass is 381 g/mol. The van der Waals surface area contributed by atoms with Crippen molar-refractivity contribution in [1.82, 2.24) is 9.55 Å². The fourth-order valence-electron chi connectivity index (χ4n) is 3.51. The Balaban J connectivity index is 1.72. The smallest absolute Gasteiger partial charge is 0.258 e. The van der Waals surface area contributed by atoms with Crippen LogP contribution in [0.2, 0.25) is 0 Å². The highest BCUT2D eigenvalue weighted by Crippen LogP contribution is 2.40. The van der Waals surface area contributed by atoms with Crippen molar-refractivity contribution in [3.05, 3.63) is 93.2 Å². The highest BCUT2D eigenvalue weighted by Gasteiger charge is 2.23. The number of hydrogen-bond acceptors (Lipinski definition) is 3. The van der Waals surface area contributed by atoms with Crippen LogP contribution in [0.15, 0.2) is 53.3 Å². The lowest BCUT2D eigenvalue weighted by Gasteiger charge is -2.18. The summed E-state index contributed by atoms with van der Waals surface area (Å²) in [5.41, 5.74) is 8.99. The first kappa shape index (κ1) is 18.5. The molecule has 1 aliphatic carbocycles. The number of nitrogens with two attached hydrogens (primary N) is 1. The summed E-state index contributed by atoms with van der Waals surface area (Å²) in [5, 5.41) is 0. The molecule has 1 unspecified atom stereocenters. The van der Waals surface area contributed by atoms with Crippen LogP contribution >= 0.6 is 0 Å². The van der Waals surface area contributed by atoms with Crippen LogP contribution in [0.4, 0.5) is 8.78 Å². The molecule has 1 aromatic heterocycles. The largest absolute Gasteiger partial charge is 0.321 e. The standard InChI is InChI=1S/C22H21F2N3O/c1-13-8-21(28)27(19-6-4-16(5-7-19)15-2-3-15)22(26-13)20(25)11-14-9-17(23)12-18(24)10-14/h4-10,12,15,20H,2-3,11,25H2,1H3. The molecule has 4 nitrogen and oxygen atoms in total. The Morgan fingerprint density at radius 3 is 2.36 bits per heavy atom. The van der Waals surface area contributed by atoms with Gasteiger partial charge in [-0.1, -0.05) is 12.1 Å². The second kappa shape index (κ2) is 7.28. The Kier molecular flexibility index (Phi) is 4.81. The van der Waals surface area contributed by atoms with Crippen molar-refractivity contribution in [1.29, 1.82) is 0 Å². The van der Waals surface area contributed by atoms with Crippen molar-refractivity contribution in [3.63, 3.8) is 0 Å². The molecule has 6 heteroatoms. The van der Waals surface area contributed by atoms with Crippen LogP contribution in [0, 0.1) is 18.6 Å². The zero-order chi connectivity index (χ0) is 19.8. The fourth-order valence-corrected chi connectivity index (χ4v) is 3.51. The molecule has 0 aliphatic heterocycles. The molecule has 2 N–H and O–H groups in total. The Hall–Kier alpha value is -2.86. The summed E-state index contributed by atoms with van der Waals surface area (Å²) in [6.45, 7) is 1.72. The highest BCUT2D eigenvalue weighted by atomic mass is 19.1. The molecule has 0 spiro atoms. The lowest BCUT2D eigenvalue weighted by atomic mass is 10.0. The first-order valence-electron chi connectivity index (χ1n) is 9.32. The first-order valence-corrected chi connectivity index (χ1v) is 9.32. The summed E-state index contributed by atoms with van der Waals surface area (Å²) in [4.78, 5) is 17.2. The van der Waals surface area contributed by atoms with E-state index in [2.05, 4.69) is 4.98 Å². The van der Waals surface area contributed by atoms with Crippen LogP contribution in [0.5, 0.6) is 0 Å². The van der Waals surface area contributed by atoms with E-state index in [0.29, 0.717) is 28.7 Å². The summed E-state index contributed by atoms with van der Waals surface area (Å²) in [7, 11) is 0. The van der Waals surface area contributed by atoms with Gasteiger partial charge in [-0.15, -0.1) is 0 Å². The van der Waals surface area contributed by atoms with Gasteiger partial charge in [-0.05, 0) is 67.5 Å². The van der Waals surface area contributed by atoms with E-state index in [1.165, 1.54) is 41.2 Å². The topological polar surface area (TPSA) is 60.9 Å². The molecule has 0 saturated heterocycles. The van der Waals surface area contributed by atoms with Crippen LogP contribution in [0.3, 0.4) is 0 Å². The van der Waals surface area contributed by atoms with E-state index < -0.39 is 17.7 Å². The third kappa shape index (κ3) is 3.87. The van der Waals surface area contributed by atoms with E-state index >= 15 is 0 Å². The molecule has 1 heterocycles. The average molecular weight is 381 g/mol. The minimum absolute atomic E-state index is 0.157. The van der Waals surface area contributed by atoms with Gasteiger partial charge in [0, 0.05) is 17.8 Å². The molecule has 0 radical (unpaired) electrons. The molecular formula is C22H21F2N3O. The van der Waals surface area contributed by atoms with Crippen molar-refractivity contribution in [3.8, 4) is 5.69 Å². The second-order valence-corrected chi connectivity index (χ2v) is 7.38. The fraction of sp³-hybridized carbons (Fsp3) is 0.273. The van der Waals surface area contributed by atoms with Crippen molar-refractivity contribution in [2.45, 2.75) is 38.1 Å². The van der Waals surface area contributed by atoms with Crippen molar-refractivity contribution in [2.75, 3.05) is 0 Å². The lowest BCUT2D eigenvalue weighted by molar-refractivity contribution is 0.571. The van der Waals surface area contributed by atoms with Crippen molar-refractivity contribution in [2.24, 2.45) is 5.73 Å². The molecule has 2 aromatic carbocycles. The van der Waals surface area contributed by atoms with Gasteiger partial charge in [0.15, 0.2) is 0 Å². The van der Waals surface area contributed by atoms with E-state index in [9.17, 15) is 13.6 Å². The third-order valence-electron chi connectivity index (χ3n) is 4.98. The maximum absolute atomic E-state index is 13.5. The first-order chi connectivity index (χ1) is 13.4.